The van der Waals surface area contributed by atoms with Crippen molar-refractivity contribution in [2.24, 2.45) is 5.41 Å². The first-order valence-corrected chi connectivity index (χ1v) is 12.7. The number of aromatic nitrogens is 4. The van der Waals surface area contributed by atoms with E-state index in [9.17, 15) is 9.18 Å². The molecule has 4 aromatic rings. The van der Waals surface area contributed by atoms with Crippen molar-refractivity contribution >= 4 is 57.2 Å². The molecule has 2 N–H and O–H groups in total. The van der Waals surface area contributed by atoms with Crippen LogP contribution in [0.3, 0.4) is 0 Å². The number of aryl methyl sites for hydroxylation is 1. The van der Waals surface area contributed by atoms with E-state index in [0.29, 0.717) is 58.3 Å². The zero-order chi connectivity index (χ0) is 26.2. The van der Waals surface area contributed by atoms with Crippen LogP contribution in [0.15, 0.2) is 36.8 Å². The lowest BCUT2D eigenvalue weighted by molar-refractivity contribution is -0.189. The highest BCUT2D eigenvalue weighted by Gasteiger charge is 2.67. The maximum Gasteiger partial charge on any atom is 0.176 e. The molecule has 4 heterocycles. The molecular formula is C26H24Cl2FN5O3. The second-order valence-corrected chi connectivity index (χ2v) is 11.0. The summed E-state index contributed by atoms with van der Waals surface area (Å²) in [5.41, 5.74) is 5.70. The predicted molar refractivity (Wildman–Crippen MR) is 138 cm³/mol. The van der Waals surface area contributed by atoms with Crippen LogP contribution in [0, 0.1) is 11.2 Å². The molecule has 0 radical (unpaired) electrons. The van der Waals surface area contributed by atoms with Gasteiger partial charge in [-0.2, -0.15) is 0 Å². The van der Waals surface area contributed by atoms with Gasteiger partial charge in [0, 0.05) is 11.6 Å². The van der Waals surface area contributed by atoms with Crippen molar-refractivity contribution in [3.05, 3.63) is 58.3 Å². The maximum absolute atomic E-state index is 14.9. The van der Waals surface area contributed by atoms with E-state index in [2.05, 4.69) is 15.0 Å². The normalized spacial score (nSPS) is 26.7. The molecule has 6 rings (SSSR count). The van der Waals surface area contributed by atoms with Crippen LogP contribution in [0.25, 0.3) is 21.9 Å². The fourth-order valence-corrected chi connectivity index (χ4v) is 6.27. The number of hydrogen-bond donors (Lipinski definition) is 1. The van der Waals surface area contributed by atoms with Gasteiger partial charge in [0.25, 0.3) is 0 Å². The van der Waals surface area contributed by atoms with E-state index in [1.165, 1.54) is 18.5 Å². The lowest BCUT2D eigenvalue weighted by Gasteiger charge is -2.34. The predicted octanol–water partition coefficient (Wildman–Crippen LogP) is 5.42. The Balaban J connectivity index is 1.38. The molecule has 0 unspecified atom stereocenters. The van der Waals surface area contributed by atoms with E-state index in [-0.39, 0.29) is 10.8 Å². The number of halogens is 3. The Kier molecular flexibility index (Phi) is 5.51. The first-order chi connectivity index (χ1) is 17.6. The van der Waals surface area contributed by atoms with E-state index in [4.69, 9.17) is 38.4 Å². The number of aldehydes is 1. The highest BCUT2D eigenvalue weighted by Crippen LogP contribution is 2.59. The fourth-order valence-electron chi connectivity index (χ4n) is 5.93. The number of benzene rings is 1. The van der Waals surface area contributed by atoms with Gasteiger partial charge in [0.2, 0.25) is 0 Å². The van der Waals surface area contributed by atoms with Gasteiger partial charge in [0.15, 0.2) is 11.5 Å². The summed E-state index contributed by atoms with van der Waals surface area (Å²) in [6.45, 7) is 3.66. The molecule has 3 aromatic heterocycles. The molecule has 11 heteroatoms. The molecule has 37 heavy (non-hydrogen) atoms. The van der Waals surface area contributed by atoms with E-state index in [1.54, 1.807) is 6.07 Å². The van der Waals surface area contributed by atoms with Gasteiger partial charge in [-0.3, -0.25) is 0 Å². The fraction of sp³-hybridized carbons (Fsp3) is 0.385. The Morgan fingerprint density at radius 1 is 1.22 bits per heavy atom. The Morgan fingerprint density at radius 2 is 2.03 bits per heavy atom. The zero-order valence-corrected chi connectivity index (χ0v) is 21.7. The van der Waals surface area contributed by atoms with Gasteiger partial charge in [0.1, 0.15) is 41.2 Å². The molecule has 1 aromatic carbocycles. The topological polar surface area (TPSA) is 105 Å². The van der Waals surface area contributed by atoms with Gasteiger partial charge < -0.3 is 24.6 Å². The van der Waals surface area contributed by atoms with Crippen molar-refractivity contribution in [1.82, 2.24) is 19.5 Å². The number of hydrogen-bond acceptors (Lipinski definition) is 7. The quantitative estimate of drug-likeness (QED) is 0.264. The Hall–Kier alpha value is -2.85. The highest BCUT2D eigenvalue weighted by atomic mass is 35.5. The smallest absolute Gasteiger partial charge is 0.176 e. The van der Waals surface area contributed by atoms with Crippen LogP contribution < -0.4 is 5.73 Å². The van der Waals surface area contributed by atoms with Crippen LogP contribution in [0.5, 0.6) is 0 Å². The third-order valence-corrected chi connectivity index (χ3v) is 8.19. The molecule has 1 aliphatic carbocycles. The van der Waals surface area contributed by atoms with E-state index in [0.717, 1.165) is 6.29 Å². The summed E-state index contributed by atoms with van der Waals surface area (Å²) in [5, 5.41) is 1.52. The van der Waals surface area contributed by atoms with E-state index < -0.39 is 28.8 Å². The minimum absolute atomic E-state index is 0.136. The lowest BCUT2D eigenvalue weighted by Crippen LogP contribution is -2.45. The van der Waals surface area contributed by atoms with E-state index >= 15 is 0 Å². The van der Waals surface area contributed by atoms with Crippen LogP contribution >= 0.6 is 23.2 Å². The molecule has 8 nitrogen and oxygen atoms in total. The minimum atomic E-state index is -0.967. The van der Waals surface area contributed by atoms with Crippen molar-refractivity contribution in [3.63, 3.8) is 0 Å². The third-order valence-electron chi connectivity index (χ3n) is 7.58. The van der Waals surface area contributed by atoms with Crippen molar-refractivity contribution in [2.45, 2.75) is 57.1 Å². The van der Waals surface area contributed by atoms with Gasteiger partial charge in [0.05, 0.1) is 21.3 Å². The van der Waals surface area contributed by atoms with Crippen molar-refractivity contribution < 1.29 is 18.7 Å². The SMILES string of the molecule is CC1(C)O[C@@H]2[C@@](C=O)(CCc3cc(F)c4cc(Cl)c(N)nc4c3)CC[C@]2(n2ccc3c(Cl)ncnc32)O1. The van der Waals surface area contributed by atoms with Crippen LogP contribution in [0.2, 0.25) is 10.2 Å². The van der Waals surface area contributed by atoms with Gasteiger partial charge in [-0.1, -0.05) is 23.2 Å². The largest absolute Gasteiger partial charge is 0.382 e. The van der Waals surface area contributed by atoms with Crippen LogP contribution in [0.1, 0.15) is 38.7 Å². The van der Waals surface area contributed by atoms with E-state index in [1.807, 2.05) is 30.7 Å². The molecular weight excluding hydrogens is 520 g/mol. The lowest BCUT2D eigenvalue weighted by atomic mass is 9.79. The maximum atomic E-state index is 14.9. The first kappa shape index (κ1) is 24.5. The van der Waals surface area contributed by atoms with Crippen LogP contribution in [-0.2, 0) is 26.4 Å². The summed E-state index contributed by atoms with van der Waals surface area (Å²) in [5.74, 6) is -1.25. The summed E-state index contributed by atoms with van der Waals surface area (Å²) in [7, 11) is 0. The Labute approximate surface area is 221 Å². The standard InChI is InChI=1S/C26H24Cl2FN5O3/c1-24(2)36-23-25(12-35,5-3-14-9-18(29)16-11-17(27)21(30)33-19(16)10-14)6-7-26(23,37-24)34-8-4-15-20(28)31-13-32-22(15)34/h4,8-13,23H,3,5-7H2,1-2H3,(H2,30,33)/t23-,25+,26+/m1/s1. The number of nitrogens with zero attached hydrogens (tertiary/aromatic N) is 4. The van der Waals surface area contributed by atoms with Gasteiger partial charge in [-0.15, -0.1) is 0 Å². The van der Waals surface area contributed by atoms with Crippen LogP contribution in [0.4, 0.5) is 10.2 Å². The summed E-state index contributed by atoms with van der Waals surface area (Å²) in [4.78, 5) is 25.5. The molecule has 3 atom stereocenters. The van der Waals surface area contributed by atoms with Gasteiger partial charge in [-0.25, -0.2) is 19.3 Å². The number of pyridine rings is 1. The molecule has 0 spiro atoms. The summed E-state index contributed by atoms with van der Waals surface area (Å²) >= 11 is 12.3. The van der Waals surface area contributed by atoms with Crippen molar-refractivity contribution in [3.8, 4) is 0 Å². The number of nitrogens with two attached hydrogens (primary N) is 1. The summed E-state index contributed by atoms with van der Waals surface area (Å²) in [6.07, 6.45) is 5.50. The zero-order valence-electron chi connectivity index (χ0n) is 20.2. The molecule has 2 fully saturated rings. The number of anilines is 1. The summed E-state index contributed by atoms with van der Waals surface area (Å²) < 4.78 is 29.8. The highest BCUT2D eigenvalue weighted by molar-refractivity contribution is 6.34. The summed E-state index contributed by atoms with van der Waals surface area (Å²) in [6, 6.07) is 6.53. The van der Waals surface area contributed by atoms with Crippen LogP contribution in [-0.4, -0.2) is 37.7 Å². The average Bonchev–Trinajstić information content (AvgIpc) is 3.49. The number of carbonyl (C=O) groups excluding carboxylic acids is 1. The van der Waals surface area contributed by atoms with Gasteiger partial charge >= 0.3 is 0 Å². The molecule has 0 amide bonds. The monoisotopic (exact) mass is 543 g/mol. The molecule has 0 bridgehead atoms. The molecule has 2 aliphatic rings. The number of ether oxygens (including phenoxy) is 2. The molecule has 1 saturated carbocycles. The minimum Gasteiger partial charge on any atom is -0.382 e. The third kappa shape index (κ3) is 3.71. The van der Waals surface area contributed by atoms with Crippen molar-refractivity contribution in [1.29, 1.82) is 0 Å². The second kappa shape index (κ2) is 8.33. The number of rotatable bonds is 5. The van der Waals surface area contributed by atoms with Crippen molar-refractivity contribution in [2.75, 3.05) is 5.73 Å². The number of nitrogen functional groups attached to an aromatic ring is 1. The first-order valence-electron chi connectivity index (χ1n) is 11.9. The Bertz CT molecular complexity index is 1580. The van der Waals surface area contributed by atoms with Gasteiger partial charge in [-0.05, 0) is 69.4 Å². The average molecular weight is 544 g/mol. The molecule has 1 aliphatic heterocycles. The molecule has 192 valence electrons. The second-order valence-electron chi connectivity index (χ2n) is 10.3. The number of carbonyl (C=O) groups is 1. The Morgan fingerprint density at radius 3 is 2.81 bits per heavy atom. The molecule has 1 saturated heterocycles. The number of fused-ring (bicyclic) bond motifs is 3.